The van der Waals surface area contributed by atoms with Crippen LogP contribution in [0, 0.1) is 5.82 Å². The summed E-state index contributed by atoms with van der Waals surface area (Å²) in [5.74, 6) is -0.232. The van der Waals surface area contributed by atoms with Crippen LogP contribution < -0.4 is 10.5 Å². The summed E-state index contributed by atoms with van der Waals surface area (Å²) in [5, 5.41) is 6.19. The maximum Gasteiger partial charge on any atom is 0.243 e. The first kappa shape index (κ1) is 13.4. The van der Waals surface area contributed by atoms with Gasteiger partial charge in [0.05, 0.1) is 11.7 Å². The molecule has 102 valence electrons. The van der Waals surface area contributed by atoms with Gasteiger partial charge in [0.2, 0.25) is 10.0 Å². The van der Waals surface area contributed by atoms with E-state index in [9.17, 15) is 12.8 Å². The van der Waals surface area contributed by atoms with Crippen LogP contribution in [-0.4, -0.2) is 23.6 Å². The topological polar surface area (TPSA) is 114 Å². The molecular weight excluding hydrogens is 273 g/mol. The third-order valence-corrected chi connectivity index (χ3v) is 4.05. The van der Waals surface area contributed by atoms with Crippen molar-refractivity contribution in [3.8, 4) is 0 Å². The van der Waals surface area contributed by atoms with Crippen molar-refractivity contribution in [3.05, 3.63) is 36.2 Å². The summed E-state index contributed by atoms with van der Waals surface area (Å²) in [5.41, 5.74) is 5.35. The van der Waals surface area contributed by atoms with Gasteiger partial charge in [0, 0.05) is 0 Å². The van der Waals surface area contributed by atoms with Crippen LogP contribution in [0.1, 0.15) is 18.8 Å². The third kappa shape index (κ3) is 2.88. The number of aromatic nitrogens is 3. The van der Waals surface area contributed by atoms with E-state index in [1.54, 1.807) is 6.92 Å². The van der Waals surface area contributed by atoms with E-state index in [-0.39, 0.29) is 10.6 Å². The highest BCUT2D eigenvalue weighted by molar-refractivity contribution is 7.89. The Morgan fingerprint density at radius 1 is 1.47 bits per heavy atom. The van der Waals surface area contributed by atoms with Crippen LogP contribution in [0.3, 0.4) is 0 Å². The van der Waals surface area contributed by atoms with Gasteiger partial charge in [-0.3, -0.25) is 5.10 Å². The number of nitrogens with zero attached hydrogens (tertiary/aromatic N) is 2. The number of aromatic amines is 1. The number of hydrogen-bond donors (Lipinski definition) is 3. The molecule has 0 aliphatic rings. The van der Waals surface area contributed by atoms with Crippen molar-refractivity contribution in [2.45, 2.75) is 17.9 Å². The molecular formula is C10H12FN5O2S. The molecule has 1 unspecified atom stereocenters. The highest BCUT2D eigenvalue weighted by Crippen LogP contribution is 2.20. The van der Waals surface area contributed by atoms with Gasteiger partial charge >= 0.3 is 0 Å². The second-order valence-electron chi connectivity index (χ2n) is 3.90. The fraction of sp³-hybridized carbons (Fsp3) is 0.200. The fourth-order valence-corrected chi connectivity index (χ4v) is 2.86. The summed E-state index contributed by atoms with van der Waals surface area (Å²) in [6.07, 6.45) is 1.27. The molecule has 0 amide bonds. The van der Waals surface area contributed by atoms with E-state index in [0.717, 1.165) is 18.2 Å². The van der Waals surface area contributed by atoms with Gasteiger partial charge < -0.3 is 5.73 Å². The zero-order valence-electron chi connectivity index (χ0n) is 9.96. The number of rotatable bonds is 4. The molecule has 0 spiro atoms. The lowest BCUT2D eigenvalue weighted by molar-refractivity contribution is 0.560. The monoisotopic (exact) mass is 285 g/mol. The van der Waals surface area contributed by atoms with Crippen molar-refractivity contribution in [2.75, 3.05) is 5.73 Å². The summed E-state index contributed by atoms with van der Waals surface area (Å²) in [6.45, 7) is 1.60. The van der Waals surface area contributed by atoms with Gasteiger partial charge in [-0.25, -0.2) is 22.5 Å². The molecule has 1 aromatic heterocycles. The Morgan fingerprint density at radius 3 is 2.79 bits per heavy atom. The van der Waals surface area contributed by atoms with Crippen LogP contribution in [-0.2, 0) is 10.0 Å². The van der Waals surface area contributed by atoms with E-state index in [1.165, 1.54) is 6.33 Å². The Balaban J connectivity index is 2.28. The van der Waals surface area contributed by atoms with E-state index in [0.29, 0.717) is 5.82 Å². The van der Waals surface area contributed by atoms with Crippen LogP contribution in [0.4, 0.5) is 10.1 Å². The van der Waals surface area contributed by atoms with Crippen molar-refractivity contribution in [1.29, 1.82) is 0 Å². The molecule has 0 saturated carbocycles. The Labute approximate surface area is 109 Å². The normalized spacial score (nSPS) is 13.4. The van der Waals surface area contributed by atoms with Crippen LogP contribution in [0.5, 0.6) is 0 Å². The second kappa shape index (κ2) is 4.94. The van der Waals surface area contributed by atoms with Gasteiger partial charge in [-0.05, 0) is 25.1 Å². The van der Waals surface area contributed by atoms with Crippen LogP contribution in [0.15, 0.2) is 29.4 Å². The molecule has 1 aromatic carbocycles. The number of halogens is 1. The lowest BCUT2D eigenvalue weighted by Gasteiger charge is -2.13. The fourth-order valence-electron chi connectivity index (χ4n) is 1.54. The van der Waals surface area contributed by atoms with Crippen LogP contribution >= 0.6 is 0 Å². The average Bonchev–Trinajstić information content (AvgIpc) is 2.80. The molecule has 2 aromatic rings. The van der Waals surface area contributed by atoms with E-state index < -0.39 is 21.9 Å². The van der Waals surface area contributed by atoms with E-state index in [1.807, 2.05) is 0 Å². The number of anilines is 1. The first-order valence-electron chi connectivity index (χ1n) is 5.33. The van der Waals surface area contributed by atoms with Crippen molar-refractivity contribution >= 4 is 15.7 Å². The standard InChI is InChI=1S/C10H12FN5O2S/c1-6(10-13-5-14-15-10)16-19(17,18)9-3-2-7(11)4-8(9)12/h2-6,16H,12H2,1H3,(H,13,14,15). The van der Waals surface area contributed by atoms with Gasteiger partial charge in [0.15, 0.2) is 0 Å². The molecule has 1 atom stereocenters. The summed E-state index contributed by atoms with van der Waals surface area (Å²) >= 11 is 0. The smallest absolute Gasteiger partial charge is 0.243 e. The predicted octanol–water partition coefficient (Wildman–Crippen LogP) is 0.566. The number of benzene rings is 1. The first-order valence-corrected chi connectivity index (χ1v) is 6.81. The molecule has 1 heterocycles. The predicted molar refractivity (Wildman–Crippen MR) is 65.9 cm³/mol. The summed E-state index contributed by atoms with van der Waals surface area (Å²) < 4.78 is 39.5. The van der Waals surface area contributed by atoms with Gasteiger partial charge in [-0.1, -0.05) is 0 Å². The molecule has 9 heteroatoms. The number of nitrogen functional groups attached to an aromatic ring is 1. The van der Waals surface area contributed by atoms with Crippen LogP contribution in [0.25, 0.3) is 0 Å². The van der Waals surface area contributed by atoms with E-state index >= 15 is 0 Å². The molecule has 19 heavy (non-hydrogen) atoms. The Hall–Kier alpha value is -2.00. The molecule has 7 nitrogen and oxygen atoms in total. The second-order valence-corrected chi connectivity index (χ2v) is 5.58. The number of H-pyrrole nitrogens is 1. The van der Waals surface area contributed by atoms with E-state index in [2.05, 4.69) is 19.9 Å². The highest BCUT2D eigenvalue weighted by atomic mass is 32.2. The maximum absolute atomic E-state index is 12.9. The average molecular weight is 285 g/mol. The number of nitrogens with one attached hydrogen (secondary N) is 2. The number of nitrogens with two attached hydrogens (primary N) is 1. The SMILES string of the molecule is CC(NS(=O)(=O)c1ccc(F)cc1N)c1ncn[nH]1. The van der Waals surface area contributed by atoms with Gasteiger partial charge in [-0.2, -0.15) is 5.10 Å². The molecule has 0 bridgehead atoms. The minimum absolute atomic E-state index is 0.155. The van der Waals surface area contributed by atoms with E-state index in [4.69, 9.17) is 5.73 Å². The lowest BCUT2D eigenvalue weighted by Crippen LogP contribution is -2.28. The van der Waals surface area contributed by atoms with Gasteiger partial charge in [0.25, 0.3) is 0 Å². The Bertz CT molecular complexity index is 671. The number of sulfonamides is 1. The highest BCUT2D eigenvalue weighted by Gasteiger charge is 2.22. The quantitative estimate of drug-likeness (QED) is 0.710. The Morgan fingerprint density at radius 2 is 2.21 bits per heavy atom. The van der Waals surface area contributed by atoms with Gasteiger partial charge in [-0.15, -0.1) is 0 Å². The largest absolute Gasteiger partial charge is 0.398 e. The lowest BCUT2D eigenvalue weighted by atomic mass is 10.3. The molecule has 4 N–H and O–H groups in total. The van der Waals surface area contributed by atoms with Crippen molar-refractivity contribution in [1.82, 2.24) is 19.9 Å². The van der Waals surface area contributed by atoms with Crippen LogP contribution in [0.2, 0.25) is 0 Å². The zero-order chi connectivity index (χ0) is 14.0. The minimum atomic E-state index is -3.86. The minimum Gasteiger partial charge on any atom is -0.398 e. The summed E-state index contributed by atoms with van der Waals surface area (Å²) in [4.78, 5) is 3.67. The molecule has 0 aliphatic heterocycles. The van der Waals surface area contributed by atoms with Crippen molar-refractivity contribution < 1.29 is 12.8 Å². The molecule has 0 radical (unpaired) electrons. The Kier molecular flexibility index (Phi) is 3.49. The zero-order valence-corrected chi connectivity index (χ0v) is 10.8. The molecule has 2 rings (SSSR count). The first-order chi connectivity index (χ1) is 8.90. The van der Waals surface area contributed by atoms with Crippen molar-refractivity contribution in [3.63, 3.8) is 0 Å². The molecule has 0 aliphatic carbocycles. The molecule has 0 fully saturated rings. The van der Waals surface area contributed by atoms with Crippen molar-refractivity contribution in [2.24, 2.45) is 0 Å². The summed E-state index contributed by atoms with van der Waals surface area (Å²) in [7, 11) is -3.86. The number of hydrogen-bond acceptors (Lipinski definition) is 5. The van der Waals surface area contributed by atoms with Gasteiger partial charge in [0.1, 0.15) is 22.9 Å². The molecule has 0 saturated heterocycles. The maximum atomic E-state index is 12.9. The summed E-state index contributed by atoms with van der Waals surface area (Å²) in [6, 6.07) is 2.48. The third-order valence-electron chi connectivity index (χ3n) is 2.44.